The maximum atomic E-state index is 3.34. The van der Waals surface area contributed by atoms with E-state index in [1.165, 1.54) is 25.7 Å². The molecule has 0 fully saturated rings. The van der Waals surface area contributed by atoms with Crippen molar-refractivity contribution >= 4 is 0 Å². The summed E-state index contributed by atoms with van der Waals surface area (Å²) in [6.45, 7) is 0. The van der Waals surface area contributed by atoms with E-state index in [0.717, 1.165) is 12.8 Å². The van der Waals surface area contributed by atoms with E-state index in [4.69, 9.17) is 0 Å². The van der Waals surface area contributed by atoms with Gasteiger partial charge in [-0.1, -0.05) is 42.5 Å². The third-order valence-corrected chi connectivity index (χ3v) is 2.16. The fraction of sp³-hybridized carbons (Fsp3) is 0.429. The zero-order valence-electron chi connectivity index (χ0n) is 8.78. The Balaban J connectivity index is 2.35. The van der Waals surface area contributed by atoms with Crippen molar-refractivity contribution in [2.75, 3.05) is 0 Å². The molecule has 0 bridgehead atoms. The third kappa shape index (κ3) is 6.47. The molecule has 0 saturated heterocycles. The highest BCUT2D eigenvalue weighted by atomic mass is 13.9. The first-order chi connectivity index (χ1) is 7.00. The molecule has 0 spiro atoms. The Morgan fingerprint density at radius 1 is 0.714 bits per heavy atom. The van der Waals surface area contributed by atoms with Crippen molar-refractivity contribution in [3.63, 3.8) is 0 Å². The Hall–Kier alpha value is -1.04. The largest absolute Gasteiger partial charge is 0.0845 e. The topological polar surface area (TPSA) is 0 Å². The van der Waals surface area contributed by atoms with Gasteiger partial charge in [0.05, 0.1) is 0 Å². The van der Waals surface area contributed by atoms with Gasteiger partial charge in [-0.3, -0.25) is 0 Å². The molecule has 0 unspecified atom stereocenters. The van der Waals surface area contributed by atoms with E-state index in [9.17, 15) is 0 Å². The summed E-state index contributed by atoms with van der Waals surface area (Å²) in [6.07, 6.45) is 25.5. The van der Waals surface area contributed by atoms with Gasteiger partial charge in [0, 0.05) is 0 Å². The van der Waals surface area contributed by atoms with Gasteiger partial charge in [-0.2, -0.15) is 0 Å². The summed E-state index contributed by atoms with van der Waals surface area (Å²) in [4.78, 5) is 0. The average molecular weight is 187 g/mol. The van der Waals surface area contributed by atoms with Crippen molar-refractivity contribution in [3.05, 3.63) is 48.6 Å². The summed E-state index contributed by atoms with van der Waals surface area (Å²) in [5, 5.41) is 0. The van der Waals surface area contributed by atoms with Crippen LogP contribution in [0.4, 0.5) is 0 Å². The molecular weight excluding hydrogens is 168 g/mol. The first-order valence-corrected chi connectivity index (χ1v) is 5.53. The normalized spacial score (nSPS) is 28.6. The van der Waals surface area contributed by atoms with E-state index in [2.05, 4.69) is 48.6 Å². The van der Waals surface area contributed by atoms with Gasteiger partial charge in [0.1, 0.15) is 0 Å². The molecule has 0 aromatic carbocycles. The van der Waals surface area contributed by atoms with Crippen LogP contribution in [0.15, 0.2) is 42.5 Å². The van der Waals surface area contributed by atoms with Gasteiger partial charge in [0.15, 0.2) is 0 Å². The van der Waals surface area contributed by atoms with Crippen LogP contribution in [0.5, 0.6) is 0 Å². The van der Waals surface area contributed by atoms with Crippen LogP contribution in [-0.4, -0.2) is 0 Å². The minimum absolute atomic E-state index is 1.10. The van der Waals surface area contributed by atoms with Crippen molar-refractivity contribution in [2.24, 2.45) is 0 Å². The monoisotopic (exact) mass is 187 g/mol. The third-order valence-electron chi connectivity index (χ3n) is 2.16. The predicted molar refractivity (Wildman–Crippen MR) is 62.9 cm³/mol. The lowest BCUT2D eigenvalue weighted by Crippen LogP contribution is -1.73. The standard InChI is InChI=1S/C14H19/c1-2-4-6-8-10-12-14-13-11-9-7-5-3-1/h1-6,13H,7-12H2/b2-1+,5-3+,6-4-,14-13?. The molecule has 0 saturated carbocycles. The first kappa shape index (κ1) is 11.0. The van der Waals surface area contributed by atoms with E-state index in [1.54, 1.807) is 0 Å². The van der Waals surface area contributed by atoms with Gasteiger partial charge >= 0.3 is 0 Å². The second-order valence-electron chi connectivity index (χ2n) is 3.47. The van der Waals surface area contributed by atoms with Crippen molar-refractivity contribution in [3.8, 4) is 0 Å². The van der Waals surface area contributed by atoms with Crippen molar-refractivity contribution < 1.29 is 0 Å². The highest BCUT2D eigenvalue weighted by molar-refractivity contribution is 5.11. The minimum atomic E-state index is 1.10. The summed E-state index contributed by atoms with van der Waals surface area (Å²) in [7, 11) is 0. The van der Waals surface area contributed by atoms with E-state index < -0.39 is 0 Å². The highest BCUT2D eigenvalue weighted by Crippen LogP contribution is 2.02. The minimum Gasteiger partial charge on any atom is -0.0845 e. The predicted octanol–water partition coefficient (Wildman–Crippen LogP) is 4.37. The maximum absolute atomic E-state index is 3.34. The van der Waals surface area contributed by atoms with Gasteiger partial charge in [0.25, 0.3) is 0 Å². The molecule has 0 amide bonds. The van der Waals surface area contributed by atoms with E-state index in [1.807, 2.05) is 0 Å². The van der Waals surface area contributed by atoms with Gasteiger partial charge in [-0.25, -0.2) is 0 Å². The molecule has 75 valence electrons. The smallest absolute Gasteiger partial charge is 0.0276 e. The highest BCUT2D eigenvalue weighted by Gasteiger charge is 1.83. The molecule has 0 nitrogen and oxygen atoms in total. The van der Waals surface area contributed by atoms with Crippen LogP contribution < -0.4 is 0 Å². The second-order valence-corrected chi connectivity index (χ2v) is 3.47. The van der Waals surface area contributed by atoms with Crippen LogP contribution >= 0.6 is 0 Å². The Kier molecular flexibility index (Phi) is 6.74. The number of allylic oxidation sites excluding steroid dienone is 8. The quantitative estimate of drug-likeness (QED) is 0.528. The van der Waals surface area contributed by atoms with Gasteiger partial charge in [0.2, 0.25) is 0 Å². The van der Waals surface area contributed by atoms with E-state index in [0.29, 0.717) is 0 Å². The summed E-state index contributed by atoms with van der Waals surface area (Å²) < 4.78 is 0. The fourth-order valence-corrected chi connectivity index (χ4v) is 1.34. The Morgan fingerprint density at radius 2 is 1.43 bits per heavy atom. The lowest BCUT2D eigenvalue weighted by molar-refractivity contribution is 0.829. The number of rotatable bonds is 0. The molecule has 1 aliphatic rings. The van der Waals surface area contributed by atoms with Crippen molar-refractivity contribution in [2.45, 2.75) is 38.5 Å². The van der Waals surface area contributed by atoms with Crippen LogP contribution in [0.2, 0.25) is 0 Å². The van der Waals surface area contributed by atoms with Crippen LogP contribution in [0.3, 0.4) is 0 Å². The van der Waals surface area contributed by atoms with E-state index in [-0.39, 0.29) is 0 Å². The van der Waals surface area contributed by atoms with Crippen molar-refractivity contribution in [1.82, 2.24) is 0 Å². The van der Waals surface area contributed by atoms with Crippen LogP contribution in [0, 0.1) is 6.08 Å². The Bertz CT molecular complexity index is 204. The molecule has 0 atom stereocenters. The fourth-order valence-electron chi connectivity index (χ4n) is 1.34. The van der Waals surface area contributed by atoms with Crippen LogP contribution in [0.1, 0.15) is 38.5 Å². The van der Waals surface area contributed by atoms with Crippen LogP contribution in [-0.2, 0) is 0 Å². The maximum Gasteiger partial charge on any atom is -0.0276 e. The van der Waals surface area contributed by atoms with Crippen molar-refractivity contribution in [1.29, 1.82) is 0 Å². The average Bonchev–Trinajstić information content (AvgIpc) is 2.22. The van der Waals surface area contributed by atoms with Gasteiger partial charge in [-0.05, 0) is 44.6 Å². The summed E-state index contributed by atoms with van der Waals surface area (Å²) in [5.74, 6) is 0. The molecule has 0 N–H and O–H groups in total. The van der Waals surface area contributed by atoms with Gasteiger partial charge < -0.3 is 0 Å². The zero-order chi connectivity index (χ0) is 9.90. The first-order valence-electron chi connectivity index (χ1n) is 5.53. The zero-order valence-corrected chi connectivity index (χ0v) is 8.78. The van der Waals surface area contributed by atoms with E-state index >= 15 is 0 Å². The molecule has 0 heterocycles. The molecule has 1 radical (unpaired) electrons. The number of hydrogen-bond acceptors (Lipinski definition) is 0. The van der Waals surface area contributed by atoms with Gasteiger partial charge in [-0.15, -0.1) is 0 Å². The number of hydrogen-bond donors (Lipinski definition) is 0. The molecule has 0 aromatic heterocycles. The molecule has 1 aliphatic carbocycles. The Labute approximate surface area is 87.7 Å². The molecule has 0 aromatic rings. The molecule has 0 heteroatoms. The Morgan fingerprint density at radius 3 is 2.21 bits per heavy atom. The lowest BCUT2D eigenvalue weighted by Gasteiger charge is -1.92. The van der Waals surface area contributed by atoms with Crippen LogP contribution in [0.25, 0.3) is 0 Å². The molecular formula is C14H19. The lowest BCUT2D eigenvalue weighted by atomic mass is 10.1. The molecule has 1 rings (SSSR count). The summed E-state index contributed by atoms with van der Waals surface area (Å²) in [6, 6.07) is 0. The SMILES string of the molecule is [C]1=C/CCC/C=C/C=C/C=C\CCC/1. The summed E-state index contributed by atoms with van der Waals surface area (Å²) >= 11 is 0. The summed E-state index contributed by atoms with van der Waals surface area (Å²) in [5.41, 5.74) is 0. The molecule has 14 heavy (non-hydrogen) atoms. The second kappa shape index (κ2) is 8.55. The molecule has 0 aliphatic heterocycles.